The summed E-state index contributed by atoms with van der Waals surface area (Å²) in [7, 11) is 2.06. The number of imide groups is 1. The topological polar surface area (TPSA) is 69.7 Å². The predicted octanol–water partition coefficient (Wildman–Crippen LogP) is 3.16. The maximum absolute atomic E-state index is 12.8. The Labute approximate surface area is 180 Å². The Morgan fingerprint density at radius 1 is 1.03 bits per heavy atom. The molecule has 6 nitrogen and oxygen atoms in total. The number of halogens is 1. The van der Waals surface area contributed by atoms with Crippen molar-refractivity contribution in [2.24, 2.45) is 0 Å². The lowest BCUT2D eigenvalue weighted by Crippen LogP contribution is -2.39. The van der Waals surface area contributed by atoms with Gasteiger partial charge in [0.1, 0.15) is 0 Å². The fourth-order valence-corrected chi connectivity index (χ4v) is 4.37. The number of likely N-dealkylation sites (tertiary alicyclic amines) is 2. The van der Waals surface area contributed by atoms with Crippen molar-refractivity contribution in [3.63, 3.8) is 0 Å². The van der Waals surface area contributed by atoms with Crippen LogP contribution in [0, 0.1) is 0 Å². The number of carbonyl (C=O) groups excluding carboxylic acids is 3. The molecule has 1 N–H and O–H groups in total. The number of hydrogen-bond acceptors (Lipinski definition) is 4. The second-order valence-corrected chi connectivity index (χ2v) is 8.35. The predicted molar refractivity (Wildman–Crippen MR) is 114 cm³/mol. The maximum Gasteiger partial charge on any atom is 0.251 e. The minimum atomic E-state index is -0.139. The molecular formula is C23H24ClN3O3. The number of amides is 3. The molecule has 3 amide bonds. The van der Waals surface area contributed by atoms with Crippen LogP contribution >= 0.6 is 11.6 Å². The van der Waals surface area contributed by atoms with Crippen molar-refractivity contribution in [3.8, 4) is 0 Å². The van der Waals surface area contributed by atoms with Crippen molar-refractivity contribution < 1.29 is 14.4 Å². The third-order valence-electron chi connectivity index (χ3n) is 5.89. The molecule has 2 aliphatic rings. The molecule has 0 aromatic heterocycles. The highest BCUT2D eigenvalue weighted by atomic mass is 35.5. The van der Waals surface area contributed by atoms with E-state index in [9.17, 15) is 14.4 Å². The monoisotopic (exact) mass is 425 g/mol. The smallest absolute Gasteiger partial charge is 0.251 e. The number of nitrogens with zero attached hydrogens (tertiary/aromatic N) is 2. The lowest BCUT2D eigenvalue weighted by atomic mass is 9.99. The molecule has 2 fully saturated rings. The lowest BCUT2D eigenvalue weighted by Gasteiger charge is -2.26. The largest absolute Gasteiger partial charge is 0.347 e. The van der Waals surface area contributed by atoms with E-state index in [1.807, 2.05) is 24.3 Å². The number of hydrogen-bond donors (Lipinski definition) is 1. The van der Waals surface area contributed by atoms with Gasteiger partial charge in [-0.2, -0.15) is 0 Å². The highest BCUT2D eigenvalue weighted by Gasteiger charge is 2.34. The zero-order chi connectivity index (χ0) is 21.3. The van der Waals surface area contributed by atoms with E-state index >= 15 is 0 Å². The number of rotatable bonds is 5. The van der Waals surface area contributed by atoms with Crippen LogP contribution in [0.25, 0.3) is 0 Å². The van der Waals surface area contributed by atoms with E-state index in [4.69, 9.17) is 11.6 Å². The summed E-state index contributed by atoms with van der Waals surface area (Å²) in [5, 5.41) is 3.86. The van der Waals surface area contributed by atoms with E-state index in [2.05, 4.69) is 17.3 Å². The van der Waals surface area contributed by atoms with Gasteiger partial charge < -0.3 is 5.32 Å². The summed E-state index contributed by atoms with van der Waals surface area (Å²) in [5.74, 6) is -0.407. The van der Waals surface area contributed by atoms with Gasteiger partial charge in [0.15, 0.2) is 0 Å². The Morgan fingerprint density at radius 3 is 2.30 bits per heavy atom. The van der Waals surface area contributed by atoms with Crippen LogP contribution in [0.4, 0.5) is 0 Å². The number of likely N-dealkylation sites (N-methyl/N-ethyl adjacent to an activating group) is 1. The molecule has 2 saturated heterocycles. The molecule has 2 aromatic rings. The first-order chi connectivity index (χ1) is 14.4. The van der Waals surface area contributed by atoms with Gasteiger partial charge in [-0.05, 0) is 48.9 Å². The molecule has 156 valence electrons. The molecule has 0 spiro atoms. The minimum absolute atomic E-state index is 0.00296. The summed E-state index contributed by atoms with van der Waals surface area (Å²) < 4.78 is 0. The molecule has 0 bridgehead atoms. The fraction of sp³-hybridized carbons (Fsp3) is 0.348. The average Bonchev–Trinajstić information content (AvgIpc) is 3.25. The van der Waals surface area contributed by atoms with E-state index in [1.165, 1.54) is 4.90 Å². The van der Waals surface area contributed by atoms with Crippen molar-refractivity contribution in [1.29, 1.82) is 0 Å². The standard InChI is InChI=1S/C23H24ClN3O3/c1-26-13-12-19(22(26)16-6-8-18(24)9-7-16)25-23(30)17-4-2-15(3-5-17)14-27-20(28)10-11-21(27)29/h2-9,19,22H,10-14H2,1H3,(H,25,30). The molecule has 2 unspecified atom stereocenters. The van der Waals surface area contributed by atoms with Crippen LogP contribution in [0.15, 0.2) is 48.5 Å². The SMILES string of the molecule is CN1CCC(NC(=O)c2ccc(CN3C(=O)CCC3=O)cc2)C1c1ccc(Cl)cc1. The van der Waals surface area contributed by atoms with E-state index in [0.717, 1.165) is 24.1 Å². The summed E-state index contributed by atoms with van der Waals surface area (Å²) >= 11 is 6.01. The van der Waals surface area contributed by atoms with E-state index < -0.39 is 0 Å². The van der Waals surface area contributed by atoms with Crippen LogP contribution in [0.2, 0.25) is 5.02 Å². The van der Waals surface area contributed by atoms with Crippen LogP contribution < -0.4 is 5.32 Å². The van der Waals surface area contributed by atoms with Crippen LogP contribution in [-0.4, -0.2) is 47.2 Å². The van der Waals surface area contributed by atoms with Gasteiger partial charge in [0.05, 0.1) is 18.6 Å². The zero-order valence-electron chi connectivity index (χ0n) is 16.8. The van der Waals surface area contributed by atoms with E-state index in [0.29, 0.717) is 10.6 Å². The Hall–Kier alpha value is -2.70. The van der Waals surface area contributed by atoms with Gasteiger partial charge in [0, 0.05) is 30.0 Å². The van der Waals surface area contributed by atoms with E-state index in [-0.39, 0.29) is 49.2 Å². The van der Waals surface area contributed by atoms with Crippen LogP contribution in [0.5, 0.6) is 0 Å². The van der Waals surface area contributed by atoms with Crippen molar-refractivity contribution >= 4 is 29.3 Å². The molecule has 0 saturated carbocycles. The Balaban J connectivity index is 1.42. The Kier molecular flexibility index (Phi) is 5.88. The highest BCUT2D eigenvalue weighted by molar-refractivity contribution is 6.30. The lowest BCUT2D eigenvalue weighted by molar-refractivity contribution is -0.139. The van der Waals surface area contributed by atoms with Crippen molar-refractivity contribution in [2.75, 3.05) is 13.6 Å². The third-order valence-corrected chi connectivity index (χ3v) is 6.14. The summed E-state index contributed by atoms with van der Waals surface area (Å²) in [4.78, 5) is 39.9. The molecule has 30 heavy (non-hydrogen) atoms. The first kappa shape index (κ1) is 20.6. The van der Waals surface area contributed by atoms with Gasteiger partial charge in [-0.25, -0.2) is 0 Å². The van der Waals surface area contributed by atoms with Crippen LogP contribution in [0.1, 0.15) is 46.8 Å². The second-order valence-electron chi connectivity index (χ2n) is 7.92. The van der Waals surface area contributed by atoms with Crippen molar-refractivity contribution in [2.45, 2.75) is 37.9 Å². The number of nitrogens with one attached hydrogen (secondary N) is 1. The first-order valence-corrected chi connectivity index (χ1v) is 10.5. The Morgan fingerprint density at radius 2 is 1.67 bits per heavy atom. The molecule has 2 heterocycles. The summed E-state index contributed by atoms with van der Waals surface area (Å²) in [6, 6.07) is 14.9. The summed E-state index contributed by atoms with van der Waals surface area (Å²) in [5.41, 5.74) is 2.51. The van der Waals surface area contributed by atoms with Crippen molar-refractivity contribution in [3.05, 3.63) is 70.2 Å². The van der Waals surface area contributed by atoms with Gasteiger partial charge in [0.2, 0.25) is 11.8 Å². The van der Waals surface area contributed by atoms with Gasteiger partial charge in [-0.1, -0.05) is 35.9 Å². The van der Waals surface area contributed by atoms with Crippen LogP contribution in [-0.2, 0) is 16.1 Å². The molecule has 2 aromatic carbocycles. The minimum Gasteiger partial charge on any atom is -0.347 e. The second kappa shape index (κ2) is 8.58. The molecular weight excluding hydrogens is 402 g/mol. The molecule has 4 rings (SSSR count). The number of benzene rings is 2. The van der Waals surface area contributed by atoms with Crippen molar-refractivity contribution in [1.82, 2.24) is 15.1 Å². The zero-order valence-corrected chi connectivity index (χ0v) is 17.6. The maximum atomic E-state index is 12.8. The normalized spacial score (nSPS) is 22.0. The quantitative estimate of drug-likeness (QED) is 0.747. The molecule has 0 aliphatic carbocycles. The van der Waals surface area contributed by atoms with Gasteiger partial charge >= 0.3 is 0 Å². The van der Waals surface area contributed by atoms with Gasteiger partial charge in [-0.3, -0.25) is 24.2 Å². The first-order valence-electron chi connectivity index (χ1n) is 10.1. The van der Waals surface area contributed by atoms with E-state index in [1.54, 1.807) is 24.3 Å². The third kappa shape index (κ3) is 4.25. The number of carbonyl (C=O) groups is 3. The fourth-order valence-electron chi connectivity index (χ4n) is 4.24. The van der Waals surface area contributed by atoms with Crippen LogP contribution in [0.3, 0.4) is 0 Å². The molecule has 2 aliphatic heterocycles. The molecule has 0 radical (unpaired) electrons. The highest BCUT2D eigenvalue weighted by Crippen LogP contribution is 2.31. The average molecular weight is 426 g/mol. The molecule has 2 atom stereocenters. The summed E-state index contributed by atoms with van der Waals surface area (Å²) in [6.07, 6.45) is 1.43. The van der Waals surface area contributed by atoms with Gasteiger partial charge in [0.25, 0.3) is 5.91 Å². The van der Waals surface area contributed by atoms with Gasteiger partial charge in [-0.15, -0.1) is 0 Å². The summed E-state index contributed by atoms with van der Waals surface area (Å²) in [6.45, 7) is 1.15. The Bertz CT molecular complexity index is 943. The molecule has 7 heteroatoms.